The van der Waals surface area contributed by atoms with Gasteiger partial charge in [-0.15, -0.1) is 0 Å². The lowest BCUT2D eigenvalue weighted by atomic mass is 10.2. The summed E-state index contributed by atoms with van der Waals surface area (Å²) in [5.74, 6) is 0.936. The van der Waals surface area contributed by atoms with E-state index in [-0.39, 0.29) is 5.91 Å². The Morgan fingerprint density at radius 2 is 2.16 bits per heavy atom. The average molecular weight is 285 g/mol. The highest BCUT2D eigenvalue weighted by molar-refractivity contribution is 6.30. The molecule has 0 heterocycles. The van der Waals surface area contributed by atoms with Crippen LogP contribution in [0.25, 0.3) is 0 Å². The van der Waals surface area contributed by atoms with E-state index in [1.807, 2.05) is 19.2 Å². The minimum Gasteiger partial charge on any atom is -0.493 e. The molecule has 0 aliphatic heterocycles. The molecule has 1 rings (SSSR count). The minimum absolute atomic E-state index is 0.121. The summed E-state index contributed by atoms with van der Waals surface area (Å²) in [6.45, 7) is 1.23. The van der Waals surface area contributed by atoms with Crippen LogP contribution in [0.5, 0.6) is 5.75 Å². The van der Waals surface area contributed by atoms with Gasteiger partial charge in [-0.3, -0.25) is 4.79 Å². The number of nitrogens with zero attached hydrogens (tertiary/aromatic N) is 1. The van der Waals surface area contributed by atoms with Crippen LogP contribution in [-0.4, -0.2) is 38.6 Å². The molecule has 1 aromatic carbocycles. The molecule has 0 saturated carbocycles. The van der Waals surface area contributed by atoms with Gasteiger partial charge in [-0.25, -0.2) is 0 Å². The van der Waals surface area contributed by atoms with Crippen LogP contribution in [-0.2, 0) is 11.3 Å². The number of ether oxygens (including phenoxy) is 1. The zero-order valence-electron chi connectivity index (χ0n) is 11.7. The second-order valence-electron chi connectivity index (χ2n) is 4.52. The molecule has 0 aromatic heterocycles. The number of hydrogen-bond acceptors (Lipinski definition) is 3. The first-order valence-electron chi connectivity index (χ1n) is 6.30. The van der Waals surface area contributed by atoms with Crippen LogP contribution in [0, 0.1) is 0 Å². The summed E-state index contributed by atoms with van der Waals surface area (Å²) >= 11 is 5.96. The van der Waals surface area contributed by atoms with Crippen LogP contribution in [0.3, 0.4) is 0 Å². The Morgan fingerprint density at radius 3 is 2.79 bits per heavy atom. The van der Waals surface area contributed by atoms with Gasteiger partial charge < -0.3 is 15.0 Å². The molecule has 0 aliphatic carbocycles. The number of benzene rings is 1. The molecule has 1 aromatic rings. The van der Waals surface area contributed by atoms with Crippen molar-refractivity contribution in [2.75, 3.05) is 27.7 Å². The summed E-state index contributed by atoms with van der Waals surface area (Å²) in [6, 6.07) is 5.56. The van der Waals surface area contributed by atoms with Crippen molar-refractivity contribution < 1.29 is 9.53 Å². The van der Waals surface area contributed by atoms with Gasteiger partial charge >= 0.3 is 0 Å². The Kier molecular flexibility index (Phi) is 6.67. The summed E-state index contributed by atoms with van der Waals surface area (Å²) in [7, 11) is 5.39. The number of rotatable bonds is 7. The van der Waals surface area contributed by atoms with E-state index < -0.39 is 0 Å². The SMILES string of the molecule is CNCc1cc(Cl)ccc1OCCCC(=O)N(C)C. The third kappa shape index (κ3) is 5.49. The highest BCUT2D eigenvalue weighted by Gasteiger charge is 2.06. The lowest BCUT2D eigenvalue weighted by Gasteiger charge is -2.13. The minimum atomic E-state index is 0.121. The predicted molar refractivity (Wildman–Crippen MR) is 77.6 cm³/mol. The topological polar surface area (TPSA) is 41.6 Å². The van der Waals surface area contributed by atoms with Gasteiger partial charge in [-0.1, -0.05) is 11.6 Å². The van der Waals surface area contributed by atoms with Crippen molar-refractivity contribution in [2.45, 2.75) is 19.4 Å². The molecular weight excluding hydrogens is 264 g/mol. The molecule has 19 heavy (non-hydrogen) atoms. The molecule has 5 heteroatoms. The Hall–Kier alpha value is -1.26. The lowest BCUT2D eigenvalue weighted by molar-refractivity contribution is -0.128. The number of amides is 1. The summed E-state index contributed by atoms with van der Waals surface area (Å²) in [4.78, 5) is 13.0. The average Bonchev–Trinajstić information content (AvgIpc) is 2.36. The van der Waals surface area contributed by atoms with E-state index in [2.05, 4.69) is 5.32 Å². The third-order valence-corrected chi connectivity index (χ3v) is 2.92. The Balaban J connectivity index is 2.46. The fourth-order valence-electron chi connectivity index (χ4n) is 1.65. The van der Waals surface area contributed by atoms with E-state index in [0.29, 0.717) is 31.0 Å². The molecule has 1 N–H and O–H groups in total. The number of nitrogens with one attached hydrogen (secondary N) is 1. The standard InChI is InChI=1S/C14H21ClN2O2/c1-16-10-11-9-12(15)6-7-13(11)19-8-4-5-14(18)17(2)3/h6-7,9,16H,4-5,8,10H2,1-3H3. The van der Waals surface area contributed by atoms with E-state index >= 15 is 0 Å². The van der Waals surface area contributed by atoms with Gasteiger partial charge in [-0.2, -0.15) is 0 Å². The van der Waals surface area contributed by atoms with Crippen LogP contribution in [0.1, 0.15) is 18.4 Å². The molecule has 1 amide bonds. The normalized spacial score (nSPS) is 10.3. The van der Waals surface area contributed by atoms with Gasteiger partial charge in [-0.05, 0) is 31.7 Å². The second-order valence-corrected chi connectivity index (χ2v) is 4.96. The fourth-order valence-corrected chi connectivity index (χ4v) is 1.84. The van der Waals surface area contributed by atoms with E-state index in [4.69, 9.17) is 16.3 Å². The van der Waals surface area contributed by atoms with E-state index in [1.54, 1.807) is 25.1 Å². The van der Waals surface area contributed by atoms with E-state index in [1.165, 1.54) is 0 Å². The van der Waals surface area contributed by atoms with Crippen LogP contribution in [0.15, 0.2) is 18.2 Å². The van der Waals surface area contributed by atoms with Crippen LogP contribution >= 0.6 is 11.6 Å². The third-order valence-electron chi connectivity index (χ3n) is 2.68. The first kappa shape index (κ1) is 15.8. The molecule has 4 nitrogen and oxygen atoms in total. The highest BCUT2D eigenvalue weighted by Crippen LogP contribution is 2.23. The molecule has 106 valence electrons. The van der Waals surface area contributed by atoms with Crippen molar-refractivity contribution in [1.82, 2.24) is 10.2 Å². The van der Waals surface area contributed by atoms with Crippen molar-refractivity contribution in [3.8, 4) is 5.75 Å². The van der Waals surface area contributed by atoms with Gasteiger partial charge in [0.15, 0.2) is 0 Å². The van der Waals surface area contributed by atoms with Gasteiger partial charge in [0.2, 0.25) is 5.91 Å². The van der Waals surface area contributed by atoms with Gasteiger partial charge in [0.05, 0.1) is 6.61 Å². The Bertz CT molecular complexity index is 422. The van der Waals surface area contributed by atoms with Gasteiger partial charge in [0.1, 0.15) is 5.75 Å². The van der Waals surface area contributed by atoms with Gasteiger partial charge in [0, 0.05) is 37.6 Å². The number of carbonyl (C=O) groups is 1. The first-order valence-corrected chi connectivity index (χ1v) is 6.68. The van der Waals surface area contributed by atoms with Crippen LogP contribution in [0.2, 0.25) is 5.02 Å². The largest absolute Gasteiger partial charge is 0.493 e. The maximum absolute atomic E-state index is 11.4. The summed E-state index contributed by atoms with van der Waals surface area (Å²) in [6.07, 6.45) is 1.21. The quantitative estimate of drug-likeness (QED) is 0.781. The molecule has 0 fully saturated rings. The molecule has 0 atom stereocenters. The number of hydrogen-bond donors (Lipinski definition) is 1. The highest BCUT2D eigenvalue weighted by atomic mass is 35.5. The zero-order valence-corrected chi connectivity index (χ0v) is 12.5. The molecule has 0 aliphatic rings. The van der Waals surface area contributed by atoms with Crippen LogP contribution in [0.4, 0.5) is 0 Å². The maximum atomic E-state index is 11.4. The first-order chi connectivity index (χ1) is 9.04. The molecule has 0 bridgehead atoms. The number of carbonyl (C=O) groups excluding carboxylic acids is 1. The fraction of sp³-hybridized carbons (Fsp3) is 0.500. The van der Waals surface area contributed by atoms with Crippen LogP contribution < -0.4 is 10.1 Å². The monoisotopic (exact) mass is 284 g/mol. The smallest absolute Gasteiger partial charge is 0.222 e. The summed E-state index contributed by atoms with van der Waals surface area (Å²) in [5, 5.41) is 3.77. The molecule has 0 spiro atoms. The Labute approximate surface area is 119 Å². The molecule has 0 saturated heterocycles. The summed E-state index contributed by atoms with van der Waals surface area (Å²) < 4.78 is 5.71. The molecular formula is C14H21ClN2O2. The van der Waals surface area contributed by atoms with Crippen molar-refractivity contribution in [1.29, 1.82) is 0 Å². The van der Waals surface area contributed by atoms with Crippen molar-refractivity contribution in [2.24, 2.45) is 0 Å². The molecule has 0 radical (unpaired) electrons. The molecule has 0 unspecified atom stereocenters. The van der Waals surface area contributed by atoms with Crippen molar-refractivity contribution in [3.05, 3.63) is 28.8 Å². The maximum Gasteiger partial charge on any atom is 0.222 e. The lowest BCUT2D eigenvalue weighted by Crippen LogP contribution is -2.21. The predicted octanol–water partition coefficient (Wildman–Crippen LogP) is 2.31. The number of halogens is 1. The zero-order chi connectivity index (χ0) is 14.3. The second kappa shape index (κ2) is 8.02. The Morgan fingerprint density at radius 1 is 1.42 bits per heavy atom. The van der Waals surface area contributed by atoms with E-state index in [0.717, 1.165) is 11.3 Å². The van der Waals surface area contributed by atoms with Crippen molar-refractivity contribution >= 4 is 17.5 Å². The van der Waals surface area contributed by atoms with Crippen molar-refractivity contribution in [3.63, 3.8) is 0 Å². The van der Waals surface area contributed by atoms with E-state index in [9.17, 15) is 4.79 Å². The summed E-state index contributed by atoms with van der Waals surface area (Å²) in [5.41, 5.74) is 1.02. The van der Waals surface area contributed by atoms with Gasteiger partial charge in [0.25, 0.3) is 0 Å².